The van der Waals surface area contributed by atoms with Crippen LogP contribution in [0.2, 0.25) is 0 Å². The second kappa shape index (κ2) is 10.0. The molecule has 0 aliphatic carbocycles. The van der Waals surface area contributed by atoms with E-state index in [1.54, 1.807) is 18.0 Å². The molecule has 1 saturated heterocycles. The Morgan fingerprint density at radius 1 is 1.30 bits per heavy atom. The number of pyridine rings is 1. The summed E-state index contributed by atoms with van der Waals surface area (Å²) in [6.45, 7) is 6.02. The van der Waals surface area contributed by atoms with Crippen molar-refractivity contribution in [2.24, 2.45) is 5.41 Å². The number of nitrogens with zero attached hydrogens (tertiary/aromatic N) is 3. The summed E-state index contributed by atoms with van der Waals surface area (Å²) in [5.74, 6) is 0.730. The quantitative estimate of drug-likeness (QED) is 0.784. The summed E-state index contributed by atoms with van der Waals surface area (Å²) in [5, 5.41) is 10.7. The van der Waals surface area contributed by atoms with Gasteiger partial charge in [-0.2, -0.15) is 5.10 Å². The Morgan fingerprint density at radius 3 is 2.52 bits per heavy atom. The number of piperidine rings is 1. The van der Waals surface area contributed by atoms with Crippen molar-refractivity contribution in [3.63, 3.8) is 0 Å². The van der Waals surface area contributed by atoms with Crippen molar-refractivity contribution >= 4 is 36.4 Å². The summed E-state index contributed by atoms with van der Waals surface area (Å²) in [7, 11) is 1.64. The van der Waals surface area contributed by atoms with Crippen molar-refractivity contribution in [3.05, 3.63) is 35.8 Å². The smallest absolute Gasteiger partial charge is 0.233 e. The molecule has 27 heavy (non-hydrogen) atoms. The minimum absolute atomic E-state index is 0. The number of hydrogen-bond donors (Lipinski definition) is 2. The van der Waals surface area contributed by atoms with Crippen molar-refractivity contribution in [3.8, 4) is 5.82 Å². The van der Waals surface area contributed by atoms with Gasteiger partial charge in [0.2, 0.25) is 5.91 Å². The van der Waals surface area contributed by atoms with Gasteiger partial charge in [-0.05, 0) is 58.0 Å². The maximum atomic E-state index is 12.8. The molecule has 0 saturated carbocycles. The zero-order valence-electron chi connectivity index (χ0n) is 15.8. The van der Waals surface area contributed by atoms with Crippen molar-refractivity contribution < 1.29 is 9.53 Å². The summed E-state index contributed by atoms with van der Waals surface area (Å²) >= 11 is 0. The van der Waals surface area contributed by atoms with Crippen LogP contribution in [0.15, 0.2) is 24.4 Å². The molecule has 0 aromatic carbocycles. The first-order chi connectivity index (χ1) is 12.0. The minimum Gasteiger partial charge on any atom is -0.384 e. The predicted molar refractivity (Wildman–Crippen MR) is 110 cm³/mol. The summed E-state index contributed by atoms with van der Waals surface area (Å²) < 4.78 is 7.11. The number of halogens is 2. The van der Waals surface area contributed by atoms with Crippen LogP contribution >= 0.6 is 24.8 Å². The van der Waals surface area contributed by atoms with Crippen LogP contribution in [0.5, 0.6) is 0 Å². The number of ether oxygens (including phenoxy) is 1. The number of anilines is 1. The highest BCUT2D eigenvalue weighted by molar-refractivity contribution is 5.95. The molecular weight excluding hydrogens is 389 g/mol. The Labute approximate surface area is 172 Å². The SMILES string of the molecule is COCC1(C(=O)Nc2ccc(-n3nc(C)cc3C)nc2)CCNCC1.Cl.Cl. The third kappa shape index (κ3) is 5.19. The lowest BCUT2D eigenvalue weighted by Crippen LogP contribution is -2.47. The molecule has 1 aliphatic rings. The van der Waals surface area contributed by atoms with E-state index in [1.807, 2.05) is 32.0 Å². The normalized spacial score (nSPS) is 15.4. The van der Waals surface area contributed by atoms with Crippen LogP contribution in [0.4, 0.5) is 5.69 Å². The molecule has 2 N–H and O–H groups in total. The monoisotopic (exact) mass is 415 g/mol. The van der Waals surface area contributed by atoms with Gasteiger partial charge in [0.1, 0.15) is 0 Å². The standard InChI is InChI=1S/C18H25N5O2.2ClH/c1-13-10-14(2)23(22-13)16-5-4-15(11-20-16)21-17(24)18(12-25-3)6-8-19-9-7-18;;/h4-5,10-11,19H,6-9,12H2,1-3H3,(H,21,24);2*1H. The molecule has 9 heteroatoms. The van der Waals surface area contributed by atoms with E-state index < -0.39 is 5.41 Å². The van der Waals surface area contributed by atoms with Gasteiger partial charge in [-0.3, -0.25) is 4.79 Å². The number of amides is 1. The topological polar surface area (TPSA) is 81.1 Å². The predicted octanol–water partition coefficient (Wildman–Crippen LogP) is 2.68. The van der Waals surface area contributed by atoms with Crippen LogP contribution < -0.4 is 10.6 Å². The second-order valence-electron chi connectivity index (χ2n) is 6.66. The zero-order valence-corrected chi connectivity index (χ0v) is 17.5. The van der Waals surface area contributed by atoms with Crippen molar-refractivity contribution in [2.75, 3.05) is 32.1 Å². The number of hydrogen-bond acceptors (Lipinski definition) is 5. The van der Waals surface area contributed by atoms with Gasteiger partial charge in [-0.25, -0.2) is 9.67 Å². The van der Waals surface area contributed by atoms with Gasteiger partial charge >= 0.3 is 0 Å². The fourth-order valence-corrected chi connectivity index (χ4v) is 3.33. The van der Waals surface area contributed by atoms with Crippen LogP contribution in [-0.4, -0.2) is 47.5 Å². The molecule has 7 nitrogen and oxygen atoms in total. The fourth-order valence-electron chi connectivity index (χ4n) is 3.33. The van der Waals surface area contributed by atoms with E-state index in [9.17, 15) is 4.79 Å². The number of rotatable bonds is 5. The zero-order chi connectivity index (χ0) is 17.9. The Bertz CT molecular complexity index is 737. The number of aryl methyl sites for hydroxylation is 2. The maximum absolute atomic E-state index is 12.8. The van der Waals surface area contributed by atoms with E-state index in [4.69, 9.17) is 4.74 Å². The molecule has 0 radical (unpaired) electrons. The lowest BCUT2D eigenvalue weighted by atomic mass is 9.78. The highest BCUT2D eigenvalue weighted by Gasteiger charge is 2.39. The van der Waals surface area contributed by atoms with E-state index in [2.05, 4.69) is 20.7 Å². The largest absolute Gasteiger partial charge is 0.384 e. The van der Waals surface area contributed by atoms with E-state index in [-0.39, 0.29) is 30.7 Å². The molecule has 3 rings (SSSR count). The van der Waals surface area contributed by atoms with Crippen LogP contribution in [0.25, 0.3) is 5.82 Å². The summed E-state index contributed by atoms with van der Waals surface area (Å²) in [5.41, 5.74) is 2.18. The van der Waals surface area contributed by atoms with Crippen molar-refractivity contribution in [1.82, 2.24) is 20.1 Å². The summed E-state index contributed by atoms with van der Waals surface area (Å²) in [4.78, 5) is 17.3. The first-order valence-electron chi connectivity index (χ1n) is 8.55. The molecule has 3 heterocycles. The molecule has 0 atom stereocenters. The van der Waals surface area contributed by atoms with Crippen LogP contribution in [0, 0.1) is 19.3 Å². The third-order valence-electron chi connectivity index (χ3n) is 4.70. The van der Waals surface area contributed by atoms with Crippen LogP contribution in [0.3, 0.4) is 0 Å². The van der Waals surface area contributed by atoms with Crippen molar-refractivity contribution in [2.45, 2.75) is 26.7 Å². The summed E-state index contributed by atoms with van der Waals surface area (Å²) in [6.07, 6.45) is 3.21. The Morgan fingerprint density at radius 2 is 2.00 bits per heavy atom. The maximum Gasteiger partial charge on any atom is 0.233 e. The molecule has 150 valence electrons. The van der Waals surface area contributed by atoms with E-state index in [0.717, 1.165) is 43.1 Å². The number of methoxy groups -OCH3 is 1. The number of nitrogens with one attached hydrogen (secondary N) is 2. The van der Waals surface area contributed by atoms with Gasteiger partial charge in [0, 0.05) is 12.8 Å². The third-order valence-corrected chi connectivity index (χ3v) is 4.70. The van der Waals surface area contributed by atoms with Gasteiger partial charge in [0.15, 0.2) is 5.82 Å². The lowest BCUT2D eigenvalue weighted by Gasteiger charge is -2.35. The number of carbonyl (C=O) groups is 1. The van der Waals surface area contributed by atoms with E-state index in [0.29, 0.717) is 12.3 Å². The molecular formula is C18H27Cl2N5O2. The molecule has 2 aromatic rings. The number of aromatic nitrogens is 3. The van der Waals surface area contributed by atoms with Gasteiger partial charge in [0.25, 0.3) is 0 Å². The van der Waals surface area contributed by atoms with E-state index in [1.165, 1.54) is 0 Å². The van der Waals surface area contributed by atoms with Crippen LogP contribution in [0.1, 0.15) is 24.2 Å². The average molecular weight is 416 g/mol. The minimum atomic E-state index is -0.478. The van der Waals surface area contributed by atoms with Gasteiger partial charge in [0.05, 0.1) is 29.6 Å². The Kier molecular flexibility index (Phi) is 8.68. The molecule has 0 spiro atoms. The molecule has 1 aliphatic heterocycles. The lowest BCUT2D eigenvalue weighted by molar-refractivity contribution is -0.130. The average Bonchev–Trinajstić information content (AvgIpc) is 2.95. The highest BCUT2D eigenvalue weighted by Crippen LogP contribution is 2.30. The molecule has 1 fully saturated rings. The van der Waals surface area contributed by atoms with Gasteiger partial charge < -0.3 is 15.4 Å². The molecule has 0 unspecified atom stereocenters. The molecule has 0 bridgehead atoms. The molecule has 1 amide bonds. The second-order valence-corrected chi connectivity index (χ2v) is 6.66. The molecule has 2 aromatic heterocycles. The van der Waals surface area contributed by atoms with Gasteiger partial charge in [-0.15, -0.1) is 24.8 Å². The fraction of sp³-hybridized carbons (Fsp3) is 0.500. The van der Waals surface area contributed by atoms with Crippen LogP contribution in [-0.2, 0) is 9.53 Å². The van der Waals surface area contributed by atoms with Crippen molar-refractivity contribution in [1.29, 1.82) is 0 Å². The van der Waals surface area contributed by atoms with Gasteiger partial charge in [-0.1, -0.05) is 0 Å². The van der Waals surface area contributed by atoms with E-state index >= 15 is 0 Å². The highest BCUT2D eigenvalue weighted by atomic mass is 35.5. The Hall–Kier alpha value is -1.67. The first-order valence-corrected chi connectivity index (χ1v) is 8.55. The Balaban J connectivity index is 0.00000182. The number of carbonyl (C=O) groups excluding carboxylic acids is 1. The summed E-state index contributed by atoms with van der Waals surface area (Å²) in [6, 6.07) is 5.72. The first kappa shape index (κ1) is 23.4.